The number of nitrogens with zero attached hydrogens (tertiary/aromatic N) is 1. The number of nitro groups is 1. The van der Waals surface area contributed by atoms with Gasteiger partial charge in [-0.15, -0.1) is 11.6 Å². The molecule has 0 aromatic heterocycles. The molecule has 0 bridgehead atoms. The summed E-state index contributed by atoms with van der Waals surface area (Å²) in [6.45, 7) is 4.07. The molecule has 88 valence electrons. The first-order chi connectivity index (χ1) is 7.54. The minimum absolute atomic E-state index is 0.00377. The molecule has 16 heavy (non-hydrogen) atoms. The van der Waals surface area contributed by atoms with Gasteiger partial charge in [0.15, 0.2) is 5.75 Å². The lowest BCUT2D eigenvalue weighted by molar-refractivity contribution is -0.385. The summed E-state index contributed by atoms with van der Waals surface area (Å²) in [7, 11) is 0. The Morgan fingerprint density at radius 1 is 1.56 bits per heavy atom. The highest BCUT2D eigenvalue weighted by molar-refractivity contribution is 6.20. The van der Waals surface area contributed by atoms with Crippen LogP contribution in [0.25, 0.3) is 0 Å². The van der Waals surface area contributed by atoms with E-state index in [0.717, 1.165) is 5.56 Å². The lowest BCUT2D eigenvalue weighted by Gasteiger charge is -2.07. The molecular weight excluding hydrogens is 230 g/mol. The van der Waals surface area contributed by atoms with Gasteiger partial charge in [-0.3, -0.25) is 10.1 Å². The minimum Gasteiger partial charge on any atom is -0.487 e. The Morgan fingerprint density at radius 3 is 2.75 bits per heavy atom. The van der Waals surface area contributed by atoms with Crippen LogP contribution in [0.4, 0.5) is 5.69 Å². The van der Waals surface area contributed by atoms with E-state index in [1.807, 2.05) is 6.92 Å². The fourth-order valence-electron chi connectivity index (χ4n) is 1.43. The van der Waals surface area contributed by atoms with E-state index >= 15 is 0 Å². The number of rotatable bonds is 5. The summed E-state index contributed by atoms with van der Waals surface area (Å²) in [6, 6.07) is 4.85. The van der Waals surface area contributed by atoms with Crippen molar-refractivity contribution in [2.75, 3.05) is 6.61 Å². The molecule has 0 spiro atoms. The van der Waals surface area contributed by atoms with Crippen molar-refractivity contribution >= 4 is 17.3 Å². The zero-order chi connectivity index (χ0) is 12.1. The second-order valence-electron chi connectivity index (χ2n) is 3.48. The van der Waals surface area contributed by atoms with E-state index < -0.39 is 4.92 Å². The molecule has 0 aliphatic heterocycles. The van der Waals surface area contributed by atoms with Gasteiger partial charge in [0.25, 0.3) is 0 Å². The maximum Gasteiger partial charge on any atom is 0.310 e. The fraction of sp³-hybridized carbons (Fsp3) is 0.455. The predicted octanol–water partition coefficient (Wildman–Crippen LogP) is 3.16. The van der Waals surface area contributed by atoms with Gasteiger partial charge in [-0.05, 0) is 31.9 Å². The molecule has 0 radical (unpaired) electrons. The fourth-order valence-corrected chi connectivity index (χ4v) is 1.61. The van der Waals surface area contributed by atoms with E-state index in [-0.39, 0.29) is 11.1 Å². The Hall–Kier alpha value is -1.29. The standard InChI is InChI=1S/C11H14ClNO3/c1-3-16-11-7-9(6-8(2)12)4-5-10(11)13(14)15/h4-5,7-8H,3,6H2,1-2H3. The summed E-state index contributed by atoms with van der Waals surface area (Å²) in [5.41, 5.74) is 0.935. The summed E-state index contributed by atoms with van der Waals surface area (Å²) in [5, 5.41) is 10.7. The lowest BCUT2D eigenvalue weighted by Crippen LogP contribution is -2.01. The highest BCUT2D eigenvalue weighted by Gasteiger charge is 2.15. The van der Waals surface area contributed by atoms with Gasteiger partial charge in [0.1, 0.15) is 0 Å². The molecular formula is C11H14ClNO3. The van der Waals surface area contributed by atoms with Crippen LogP contribution in [0.2, 0.25) is 0 Å². The normalized spacial score (nSPS) is 12.2. The van der Waals surface area contributed by atoms with Gasteiger partial charge in [-0.2, -0.15) is 0 Å². The van der Waals surface area contributed by atoms with Crippen LogP contribution in [0.15, 0.2) is 18.2 Å². The largest absolute Gasteiger partial charge is 0.487 e. The number of halogens is 1. The van der Waals surface area contributed by atoms with E-state index in [2.05, 4.69) is 0 Å². The van der Waals surface area contributed by atoms with Crippen molar-refractivity contribution < 1.29 is 9.66 Å². The molecule has 0 N–H and O–H groups in total. The molecule has 4 nitrogen and oxygen atoms in total. The second-order valence-corrected chi connectivity index (χ2v) is 4.22. The van der Waals surface area contributed by atoms with Crippen molar-refractivity contribution in [2.24, 2.45) is 0 Å². The molecule has 0 heterocycles. The topological polar surface area (TPSA) is 52.4 Å². The van der Waals surface area contributed by atoms with Crippen LogP contribution in [0.3, 0.4) is 0 Å². The summed E-state index contributed by atoms with van der Waals surface area (Å²) < 4.78 is 5.24. The summed E-state index contributed by atoms with van der Waals surface area (Å²) >= 11 is 5.87. The number of hydrogen-bond donors (Lipinski definition) is 0. The van der Waals surface area contributed by atoms with Crippen molar-refractivity contribution in [1.29, 1.82) is 0 Å². The molecule has 1 rings (SSSR count). The maximum atomic E-state index is 10.7. The van der Waals surface area contributed by atoms with E-state index in [1.165, 1.54) is 6.07 Å². The van der Waals surface area contributed by atoms with Crippen LogP contribution >= 0.6 is 11.6 Å². The maximum absolute atomic E-state index is 10.7. The zero-order valence-corrected chi connectivity index (χ0v) is 10.0. The number of benzene rings is 1. The van der Waals surface area contributed by atoms with Gasteiger partial charge in [-0.25, -0.2) is 0 Å². The van der Waals surface area contributed by atoms with Gasteiger partial charge in [0.2, 0.25) is 0 Å². The lowest BCUT2D eigenvalue weighted by atomic mass is 10.1. The highest BCUT2D eigenvalue weighted by Crippen LogP contribution is 2.28. The minimum atomic E-state index is -0.446. The van der Waals surface area contributed by atoms with Crippen LogP contribution < -0.4 is 4.74 Å². The third-order valence-electron chi connectivity index (χ3n) is 2.04. The molecule has 5 heteroatoms. The zero-order valence-electron chi connectivity index (χ0n) is 9.27. The van der Waals surface area contributed by atoms with Gasteiger partial charge in [-0.1, -0.05) is 6.07 Å². The van der Waals surface area contributed by atoms with Gasteiger partial charge >= 0.3 is 5.69 Å². The molecule has 1 unspecified atom stereocenters. The Balaban J connectivity index is 3.02. The van der Waals surface area contributed by atoms with Crippen LogP contribution in [0.1, 0.15) is 19.4 Å². The van der Waals surface area contributed by atoms with E-state index in [9.17, 15) is 10.1 Å². The van der Waals surface area contributed by atoms with E-state index in [0.29, 0.717) is 18.8 Å². The van der Waals surface area contributed by atoms with Crippen LogP contribution in [0, 0.1) is 10.1 Å². The van der Waals surface area contributed by atoms with Crippen LogP contribution in [-0.4, -0.2) is 16.9 Å². The quantitative estimate of drug-likeness (QED) is 0.453. The Bertz CT molecular complexity index is 379. The molecule has 0 aliphatic carbocycles. The molecule has 0 fully saturated rings. The number of nitro benzene ring substituents is 1. The number of alkyl halides is 1. The van der Waals surface area contributed by atoms with Crippen molar-refractivity contribution in [3.05, 3.63) is 33.9 Å². The van der Waals surface area contributed by atoms with Crippen molar-refractivity contribution in [2.45, 2.75) is 25.6 Å². The van der Waals surface area contributed by atoms with Gasteiger partial charge in [0.05, 0.1) is 11.5 Å². The second kappa shape index (κ2) is 5.70. The Morgan fingerprint density at radius 2 is 2.25 bits per heavy atom. The third kappa shape index (κ3) is 3.38. The van der Waals surface area contributed by atoms with Gasteiger partial charge in [0, 0.05) is 11.4 Å². The van der Waals surface area contributed by atoms with Crippen LogP contribution in [-0.2, 0) is 6.42 Å². The van der Waals surface area contributed by atoms with Gasteiger partial charge < -0.3 is 4.74 Å². The predicted molar refractivity (Wildman–Crippen MR) is 63.3 cm³/mol. The molecule has 0 amide bonds. The first-order valence-electron chi connectivity index (χ1n) is 5.08. The summed E-state index contributed by atoms with van der Waals surface area (Å²) in [4.78, 5) is 10.3. The molecule has 0 saturated heterocycles. The molecule has 1 aromatic rings. The summed E-state index contributed by atoms with van der Waals surface area (Å²) in [6.07, 6.45) is 0.666. The summed E-state index contributed by atoms with van der Waals surface area (Å²) in [5.74, 6) is 0.308. The van der Waals surface area contributed by atoms with Crippen LogP contribution in [0.5, 0.6) is 5.75 Å². The van der Waals surface area contributed by atoms with Crippen molar-refractivity contribution in [3.8, 4) is 5.75 Å². The average Bonchev–Trinajstić information content (AvgIpc) is 2.17. The number of hydrogen-bond acceptors (Lipinski definition) is 3. The first-order valence-corrected chi connectivity index (χ1v) is 5.52. The first kappa shape index (κ1) is 12.8. The third-order valence-corrected chi connectivity index (χ3v) is 2.19. The van der Waals surface area contributed by atoms with Crippen molar-refractivity contribution in [1.82, 2.24) is 0 Å². The Labute approximate surface area is 99.3 Å². The van der Waals surface area contributed by atoms with E-state index in [1.54, 1.807) is 19.1 Å². The smallest absolute Gasteiger partial charge is 0.310 e. The SMILES string of the molecule is CCOc1cc(CC(C)Cl)ccc1[N+](=O)[O-]. The van der Waals surface area contributed by atoms with Crippen molar-refractivity contribution in [3.63, 3.8) is 0 Å². The molecule has 1 atom stereocenters. The average molecular weight is 244 g/mol. The van der Waals surface area contributed by atoms with E-state index in [4.69, 9.17) is 16.3 Å². The Kier molecular flexibility index (Phi) is 4.55. The number of ether oxygens (including phenoxy) is 1. The molecule has 0 aliphatic rings. The monoisotopic (exact) mass is 243 g/mol. The highest BCUT2D eigenvalue weighted by atomic mass is 35.5. The molecule has 1 aromatic carbocycles. The molecule has 0 saturated carbocycles.